The third-order valence-electron chi connectivity index (χ3n) is 2.21. The highest BCUT2D eigenvalue weighted by Crippen LogP contribution is 2.28. The van der Waals surface area contributed by atoms with Crippen LogP contribution in [0, 0.1) is 6.92 Å². The quantitative estimate of drug-likeness (QED) is 0.899. The van der Waals surface area contributed by atoms with Gasteiger partial charge in [0.1, 0.15) is 5.01 Å². The Morgan fingerprint density at radius 3 is 2.62 bits per heavy atom. The number of nitrogens with one attached hydrogen (secondary N) is 1. The second-order valence-corrected chi connectivity index (χ2v) is 5.97. The molecule has 0 aliphatic heterocycles. The van der Waals surface area contributed by atoms with Crippen LogP contribution < -0.4 is 5.32 Å². The third kappa shape index (κ3) is 2.70. The zero-order valence-electron chi connectivity index (χ0n) is 9.73. The Bertz CT molecular complexity index is 432. The fourth-order valence-electron chi connectivity index (χ4n) is 1.57. The van der Waals surface area contributed by atoms with E-state index in [2.05, 4.69) is 47.0 Å². The van der Waals surface area contributed by atoms with E-state index < -0.39 is 0 Å². The highest BCUT2D eigenvalue weighted by Gasteiger charge is 2.18. The Hall–Kier alpha value is -0.710. The Morgan fingerprint density at radius 1 is 1.31 bits per heavy atom. The molecular formula is C12H16N2S2. The summed E-state index contributed by atoms with van der Waals surface area (Å²) in [5, 5.41) is 8.96. The first-order valence-electron chi connectivity index (χ1n) is 5.38. The highest BCUT2D eigenvalue weighted by atomic mass is 32.1. The lowest BCUT2D eigenvalue weighted by molar-refractivity contribution is 0.532. The molecule has 0 saturated heterocycles. The Kier molecular flexibility index (Phi) is 3.74. The summed E-state index contributed by atoms with van der Waals surface area (Å²) in [6, 6.07) is 4.96. The zero-order chi connectivity index (χ0) is 11.5. The first kappa shape index (κ1) is 11.8. The molecular weight excluding hydrogens is 236 g/mol. The fraction of sp³-hybridized carbons (Fsp3) is 0.417. The van der Waals surface area contributed by atoms with E-state index in [4.69, 9.17) is 0 Å². The monoisotopic (exact) mass is 252 g/mol. The van der Waals surface area contributed by atoms with Gasteiger partial charge in [-0.05, 0) is 32.2 Å². The van der Waals surface area contributed by atoms with Crippen LogP contribution in [0.3, 0.4) is 0 Å². The molecule has 0 aliphatic rings. The van der Waals surface area contributed by atoms with Crippen LogP contribution in [-0.2, 0) is 0 Å². The van der Waals surface area contributed by atoms with Gasteiger partial charge in [0.05, 0.1) is 6.04 Å². The van der Waals surface area contributed by atoms with Gasteiger partial charge in [-0.25, -0.2) is 4.98 Å². The van der Waals surface area contributed by atoms with Crippen LogP contribution in [0.1, 0.15) is 35.5 Å². The number of hydrogen-bond donors (Lipinski definition) is 1. The van der Waals surface area contributed by atoms with Gasteiger partial charge in [-0.15, -0.1) is 22.7 Å². The Morgan fingerprint density at radius 2 is 2.12 bits per heavy atom. The predicted octanol–water partition coefficient (Wildman–Crippen LogP) is 3.60. The van der Waals surface area contributed by atoms with Crippen molar-refractivity contribution >= 4 is 22.7 Å². The van der Waals surface area contributed by atoms with E-state index >= 15 is 0 Å². The van der Waals surface area contributed by atoms with Crippen LogP contribution in [-0.4, -0.2) is 11.0 Å². The molecule has 86 valence electrons. The van der Waals surface area contributed by atoms with E-state index in [-0.39, 0.29) is 6.04 Å². The summed E-state index contributed by atoms with van der Waals surface area (Å²) in [6.45, 7) is 6.38. The molecule has 0 fully saturated rings. The van der Waals surface area contributed by atoms with Crippen molar-refractivity contribution in [2.24, 2.45) is 0 Å². The van der Waals surface area contributed by atoms with Gasteiger partial charge in [0.2, 0.25) is 0 Å². The molecule has 0 aromatic carbocycles. The molecule has 0 amide bonds. The number of thiophene rings is 1. The van der Waals surface area contributed by atoms with Crippen LogP contribution in [0.2, 0.25) is 0 Å². The molecule has 0 spiro atoms. The van der Waals surface area contributed by atoms with Crippen LogP contribution in [0.5, 0.6) is 0 Å². The van der Waals surface area contributed by atoms with Crippen LogP contribution >= 0.6 is 22.7 Å². The maximum atomic E-state index is 4.58. The van der Waals surface area contributed by atoms with Gasteiger partial charge in [-0.3, -0.25) is 0 Å². The number of aryl methyl sites for hydroxylation is 1. The first-order chi connectivity index (χ1) is 7.66. The van der Waals surface area contributed by atoms with Gasteiger partial charge in [0.25, 0.3) is 0 Å². The normalized spacial score (nSPS) is 13.2. The molecule has 0 aliphatic carbocycles. The summed E-state index contributed by atoms with van der Waals surface area (Å²) in [5.74, 6) is 0. The van der Waals surface area contributed by atoms with Gasteiger partial charge in [-0.1, -0.05) is 6.07 Å². The number of nitrogens with zero attached hydrogens (tertiary/aromatic N) is 1. The van der Waals surface area contributed by atoms with Crippen molar-refractivity contribution in [2.75, 3.05) is 0 Å². The minimum absolute atomic E-state index is 0.249. The Balaban J connectivity index is 2.28. The maximum absolute atomic E-state index is 4.58. The van der Waals surface area contributed by atoms with Crippen molar-refractivity contribution < 1.29 is 0 Å². The number of aromatic nitrogens is 1. The lowest BCUT2D eigenvalue weighted by Crippen LogP contribution is -2.28. The third-order valence-corrected chi connectivity index (χ3v) is 4.18. The fourth-order valence-corrected chi connectivity index (χ4v) is 3.30. The standard InChI is InChI=1S/C12H16N2S2/c1-8(2)13-11(10-5-4-6-15-10)12-14-9(3)7-16-12/h4-8,11,13H,1-3H3. The van der Waals surface area contributed by atoms with E-state index in [1.807, 2.05) is 6.92 Å². The van der Waals surface area contributed by atoms with Gasteiger partial charge in [-0.2, -0.15) is 0 Å². The van der Waals surface area contributed by atoms with Gasteiger partial charge in [0.15, 0.2) is 0 Å². The summed E-state index contributed by atoms with van der Waals surface area (Å²) in [6.07, 6.45) is 0. The second kappa shape index (κ2) is 5.08. The van der Waals surface area contributed by atoms with Crippen molar-refractivity contribution in [3.05, 3.63) is 38.5 Å². The van der Waals surface area contributed by atoms with Crippen molar-refractivity contribution in [1.82, 2.24) is 10.3 Å². The zero-order valence-corrected chi connectivity index (χ0v) is 11.4. The molecule has 2 aromatic rings. The maximum Gasteiger partial charge on any atom is 0.115 e. The molecule has 2 heterocycles. The van der Waals surface area contributed by atoms with E-state index in [1.165, 1.54) is 4.88 Å². The molecule has 2 aromatic heterocycles. The summed E-state index contributed by atoms with van der Waals surface area (Å²) < 4.78 is 0. The average Bonchev–Trinajstić information content (AvgIpc) is 2.84. The van der Waals surface area contributed by atoms with Crippen molar-refractivity contribution in [1.29, 1.82) is 0 Å². The number of rotatable bonds is 4. The molecule has 0 radical (unpaired) electrons. The summed E-state index contributed by atoms with van der Waals surface area (Å²) >= 11 is 3.51. The molecule has 4 heteroatoms. The molecule has 1 N–H and O–H groups in total. The van der Waals surface area contributed by atoms with Crippen LogP contribution in [0.25, 0.3) is 0 Å². The minimum atomic E-state index is 0.249. The van der Waals surface area contributed by atoms with Gasteiger partial charge >= 0.3 is 0 Å². The first-order valence-corrected chi connectivity index (χ1v) is 7.14. The topological polar surface area (TPSA) is 24.9 Å². The lowest BCUT2D eigenvalue weighted by Gasteiger charge is -2.17. The lowest BCUT2D eigenvalue weighted by atomic mass is 10.2. The molecule has 16 heavy (non-hydrogen) atoms. The molecule has 1 unspecified atom stereocenters. The van der Waals surface area contributed by atoms with E-state index in [9.17, 15) is 0 Å². The molecule has 0 bridgehead atoms. The molecule has 1 atom stereocenters. The Labute approximate surface area is 104 Å². The predicted molar refractivity (Wildman–Crippen MR) is 71.3 cm³/mol. The second-order valence-electron chi connectivity index (χ2n) is 4.10. The largest absolute Gasteiger partial charge is 0.301 e. The SMILES string of the molecule is Cc1csc(C(NC(C)C)c2cccs2)n1. The van der Waals surface area contributed by atoms with Gasteiger partial charge < -0.3 is 5.32 Å². The van der Waals surface area contributed by atoms with Crippen molar-refractivity contribution in [3.8, 4) is 0 Å². The van der Waals surface area contributed by atoms with Crippen molar-refractivity contribution in [2.45, 2.75) is 32.9 Å². The van der Waals surface area contributed by atoms with E-state index in [1.54, 1.807) is 22.7 Å². The van der Waals surface area contributed by atoms with E-state index in [0.29, 0.717) is 6.04 Å². The molecule has 2 rings (SSSR count). The van der Waals surface area contributed by atoms with Crippen LogP contribution in [0.4, 0.5) is 0 Å². The summed E-state index contributed by atoms with van der Waals surface area (Å²) in [4.78, 5) is 5.92. The number of hydrogen-bond acceptors (Lipinski definition) is 4. The average molecular weight is 252 g/mol. The summed E-state index contributed by atoms with van der Waals surface area (Å²) in [5.41, 5.74) is 1.10. The highest BCUT2D eigenvalue weighted by molar-refractivity contribution is 7.11. The number of thiazole rings is 1. The van der Waals surface area contributed by atoms with Gasteiger partial charge in [0, 0.05) is 22.0 Å². The van der Waals surface area contributed by atoms with Crippen LogP contribution in [0.15, 0.2) is 22.9 Å². The smallest absolute Gasteiger partial charge is 0.115 e. The molecule has 0 saturated carbocycles. The summed E-state index contributed by atoms with van der Waals surface area (Å²) in [7, 11) is 0. The molecule has 2 nitrogen and oxygen atoms in total. The van der Waals surface area contributed by atoms with E-state index in [0.717, 1.165) is 10.7 Å². The van der Waals surface area contributed by atoms with Crippen molar-refractivity contribution in [3.63, 3.8) is 0 Å². The minimum Gasteiger partial charge on any atom is -0.301 e.